The maximum absolute atomic E-state index is 5.97. The molecule has 0 fully saturated rings. The van der Waals surface area contributed by atoms with E-state index in [1.54, 1.807) is 0 Å². The molecule has 2 aromatic carbocycles. The van der Waals surface area contributed by atoms with Crippen LogP contribution in [-0.2, 0) is 6.42 Å². The van der Waals surface area contributed by atoms with E-state index < -0.39 is 0 Å². The van der Waals surface area contributed by atoms with Crippen LogP contribution in [0.2, 0.25) is 5.02 Å². The summed E-state index contributed by atoms with van der Waals surface area (Å²) in [5.41, 5.74) is 2.33. The molecule has 2 rings (SSSR count). The fraction of sp³-hybridized carbons (Fsp3) is 0.200. The van der Waals surface area contributed by atoms with Gasteiger partial charge in [0.25, 0.3) is 0 Å². The van der Waals surface area contributed by atoms with Gasteiger partial charge >= 0.3 is 0 Å². The molecule has 1 nitrogen and oxygen atoms in total. The highest BCUT2D eigenvalue weighted by atomic mass is 35.5. The molecule has 0 bridgehead atoms. The Kier molecular flexibility index (Phi) is 3.70. The smallest absolute Gasteiger partial charge is 0.127 e. The van der Waals surface area contributed by atoms with Gasteiger partial charge in [0.15, 0.2) is 0 Å². The minimum atomic E-state index is 0.763. The molecule has 0 aliphatic rings. The molecule has 0 saturated carbocycles. The summed E-state index contributed by atoms with van der Waals surface area (Å²) in [5.74, 6) is 1.67. The molecule has 2 heteroatoms. The summed E-state index contributed by atoms with van der Waals surface area (Å²) in [5, 5.41) is 0.763. The average Bonchev–Trinajstić information content (AvgIpc) is 2.35. The second-order valence-corrected chi connectivity index (χ2v) is 4.42. The lowest BCUT2D eigenvalue weighted by atomic mass is 10.2. The van der Waals surface area contributed by atoms with Crippen LogP contribution in [0.25, 0.3) is 0 Å². The van der Waals surface area contributed by atoms with Crippen molar-refractivity contribution < 1.29 is 4.74 Å². The number of benzene rings is 2. The van der Waals surface area contributed by atoms with Gasteiger partial charge in [-0.25, -0.2) is 0 Å². The first kappa shape index (κ1) is 12.0. The molecule has 0 amide bonds. The van der Waals surface area contributed by atoms with Crippen LogP contribution in [0.4, 0.5) is 0 Å². The van der Waals surface area contributed by atoms with Crippen molar-refractivity contribution in [3.8, 4) is 11.5 Å². The zero-order valence-corrected chi connectivity index (χ0v) is 10.8. The first-order valence-electron chi connectivity index (χ1n) is 5.72. The lowest BCUT2D eigenvalue weighted by Gasteiger charge is -2.07. The van der Waals surface area contributed by atoms with E-state index in [2.05, 4.69) is 19.1 Å². The Balaban J connectivity index is 2.16. The Bertz CT molecular complexity index is 503. The molecule has 17 heavy (non-hydrogen) atoms. The van der Waals surface area contributed by atoms with Crippen LogP contribution in [0.3, 0.4) is 0 Å². The standard InChI is InChI=1S/C15H15ClO/c1-3-12-4-6-13(7-5-12)17-14-8-9-15(16)11(2)10-14/h4-10H,3H2,1-2H3. The molecular weight excluding hydrogens is 232 g/mol. The Morgan fingerprint density at radius 1 is 1.00 bits per heavy atom. The molecule has 0 aromatic heterocycles. The van der Waals surface area contributed by atoms with Crippen molar-refractivity contribution in [3.05, 3.63) is 58.6 Å². The fourth-order valence-electron chi connectivity index (χ4n) is 1.61. The van der Waals surface area contributed by atoms with E-state index in [0.29, 0.717) is 0 Å². The summed E-state index contributed by atoms with van der Waals surface area (Å²) in [4.78, 5) is 0. The van der Waals surface area contributed by atoms with Crippen molar-refractivity contribution >= 4 is 11.6 Å². The topological polar surface area (TPSA) is 9.23 Å². The average molecular weight is 247 g/mol. The van der Waals surface area contributed by atoms with Gasteiger partial charge in [0.05, 0.1) is 0 Å². The van der Waals surface area contributed by atoms with Crippen molar-refractivity contribution in [2.75, 3.05) is 0 Å². The first-order valence-corrected chi connectivity index (χ1v) is 6.10. The molecule has 0 aliphatic heterocycles. The first-order chi connectivity index (χ1) is 8.19. The molecule has 0 N–H and O–H groups in total. The van der Waals surface area contributed by atoms with Crippen molar-refractivity contribution in [1.82, 2.24) is 0 Å². The van der Waals surface area contributed by atoms with Gasteiger partial charge in [-0.15, -0.1) is 0 Å². The monoisotopic (exact) mass is 246 g/mol. The second kappa shape index (κ2) is 5.24. The third-order valence-corrected chi connectivity index (χ3v) is 3.12. The van der Waals surface area contributed by atoms with E-state index >= 15 is 0 Å². The van der Waals surface area contributed by atoms with E-state index in [4.69, 9.17) is 16.3 Å². The highest BCUT2D eigenvalue weighted by Gasteiger charge is 2.00. The van der Waals surface area contributed by atoms with Crippen LogP contribution >= 0.6 is 11.6 Å². The van der Waals surface area contributed by atoms with E-state index in [9.17, 15) is 0 Å². The molecule has 0 heterocycles. The summed E-state index contributed by atoms with van der Waals surface area (Å²) in [7, 11) is 0. The molecule has 0 spiro atoms. The highest BCUT2D eigenvalue weighted by Crippen LogP contribution is 2.26. The van der Waals surface area contributed by atoms with E-state index in [0.717, 1.165) is 28.5 Å². The predicted molar refractivity (Wildman–Crippen MR) is 72.1 cm³/mol. The van der Waals surface area contributed by atoms with Crippen molar-refractivity contribution in [2.24, 2.45) is 0 Å². The van der Waals surface area contributed by atoms with Crippen LogP contribution in [0, 0.1) is 6.92 Å². The number of aryl methyl sites for hydroxylation is 2. The van der Waals surface area contributed by atoms with Gasteiger partial charge in [-0.1, -0.05) is 30.7 Å². The van der Waals surface area contributed by atoms with Crippen LogP contribution in [0.5, 0.6) is 11.5 Å². The molecular formula is C15H15ClO. The van der Waals surface area contributed by atoms with Gasteiger partial charge in [-0.2, -0.15) is 0 Å². The van der Waals surface area contributed by atoms with Crippen LogP contribution in [0.1, 0.15) is 18.1 Å². The number of hydrogen-bond donors (Lipinski definition) is 0. The number of halogens is 1. The minimum absolute atomic E-state index is 0.763. The van der Waals surface area contributed by atoms with Crippen molar-refractivity contribution in [1.29, 1.82) is 0 Å². The lowest BCUT2D eigenvalue weighted by Crippen LogP contribution is -1.86. The van der Waals surface area contributed by atoms with Crippen LogP contribution < -0.4 is 4.74 Å². The Hall–Kier alpha value is -1.47. The quantitative estimate of drug-likeness (QED) is 0.740. The molecule has 0 saturated heterocycles. The zero-order chi connectivity index (χ0) is 12.3. The maximum atomic E-state index is 5.97. The summed E-state index contributed by atoms with van der Waals surface area (Å²) >= 11 is 5.97. The van der Waals surface area contributed by atoms with Crippen LogP contribution in [0.15, 0.2) is 42.5 Å². The number of hydrogen-bond acceptors (Lipinski definition) is 1. The van der Waals surface area contributed by atoms with Crippen molar-refractivity contribution in [3.63, 3.8) is 0 Å². The summed E-state index contributed by atoms with van der Waals surface area (Å²) in [6.07, 6.45) is 1.04. The van der Waals surface area contributed by atoms with Gasteiger partial charge in [-0.3, -0.25) is 0 Å². The molecule has 2 aromatic rings. The maximum Gasteiger partial charge on any atom is 0.127 e. The number of rotatable bonds is 3. The lowest BCUT2D eigenvalue weighted by molar-refractivity contribution is 0.482. The third kappa shape index (κ3) is 3.01. The molecule has 0 atom stereocenters. The van der Waals surface area contributed by atoms with Gasteiger partial charge < -0.3 is 4.74 Å². The SMILES string of the molecule is CCc1ccc(Oc2ccc(Cl)c(C)c2)cc1. The number of ether oxygens (including phenoxy) is 1. The molecule has 0 aliphatic carbocycles. The van der Waals surface area contributed by atoms with Crippen molar-refractivity contribution in [2.45, 2.75) is 20.3 Å². The largest absolute Gasteiger partial charge is 0.457 e. The Labute approximate surface area is 107 Å². The Morgan fingerprint density at radius 2 is 1.65 bits per heavy atom. The minimum Gasteiger partial charge on any atom is -0.457 e. The second-order valence-electron chi connectivity index (χ2n) is 4.01. The van der Waals surface area contributed by atoms with E-state index in [1.165, 1.54) is 5.56 Å². The van der Waals surface area contributed by atoms with Gasteiger partial charge in [0, 0.05) is 5.02 Å². The zero-order valence-electron chi connectivity index (χ0n) is 10.0. The van der Waals surface area contributed by atoms with E-state index in [-0.39, 0.29) is 0 Å². The molecule has 0 radical (unpaired) electrons. The normalized spacial score (nSPS) is 10.3. The van der Waals surface area contributed by atoms with Gasteiger partial charge in [-0.05, 0) is 54.8 Å². The predicted octanol–water partition coefficient (Wildman–Crippen LogP) is 5.00. The molecule has 88 valence electrons. The Morgan fingerprint density at radius 3 is 2.24 bits per heavy atom. The van der Waals surface area contributed by atoms with E-state index in [1.807, 2.05) is 37.3 Å². The highest BCUT2D eigenvalue weighted by molar-refractivity contribution is 6.31. The summed E-state index contributed by atoms with van der Waals surface area (Å²) in [6, 6.07) is 13.8. The summed E-state index contributed by atoms with van der Waals surface area (Å²) < 4.78 is 5.76. The summed E-state index contributed by atoms with van der Waals surface area (Å²) in [6.45, 7) is 4.10. The third-order valence-electron chi connectivity index (χ3n) is 2.70. The van der Waals surface area contributed by atoms with Crippen LogP contribution in [-0.4, -0.2) is 0 Å². The van der Waals surface area contributed by atoms with Gasteiger partial charge in [0.2, 0.25) is 0 Å². The van der Waals surface area contributed by atoms with Gasteiger partial charge in [0.1, 0.15) is 11.5 Å². The molecule has 0 unspecified atom stereocenters. The fourth-order valence-corrected chi connectivity index (χ4v) is 1.73.